The maximum absolute atomic E-state index is 10.8. The first-order valence-corrected chi connectivity index (χ1v) is 13.5. The van der Waals surface area contributed by atoms with Crippen molar-refractivity contribution in [2.75, 3.05) is 45.7 Å². The molecule has 0 aromatic heterocycles. The van der Waals surface area contributed by atoms with Crippen molar-refractivity contribution in [3.8, 4) is 0 Å². The van der Waals surface area contributed by atoms with E-state index in [2.05, 4.69) is 6.92 Å². The number of nitrogens with zero attached hydrogens (tertiary/aromatic N) is 1. The van der Waals surface area contributed by atoms with Gasteiger partial charge in [-0.3, -0.25) is 4.55 Å². The van der Waals surface area contributed by atoms with Crippen LogP contribution in [0.25, 0.3) is 0 Å². The van der Waals surface area contributed by atoms with Gasteiger partial charge in [0.15, 0.2) is 5.79 Å². The zero-order chi connectivity index (χ0) is 23.2. The van der Waals surface area contributed by atoms with E-state index in [1.807, 2.05) is 6.92 Å². The number of unbranched alkanes of at least 4 members (excludes halogenated alkanes) is 8. The highest BCUT2D eigenvalue weighted by molar-refractivity contribution is 7.85. The number of aliphatic hydroxyl groups is 1. The molecule has 0 aliphatic carbocycles. The van der Waals surface area contributed by atoms with Crippen LogP contribution in [0.15, 0.2) is 0 Å². The molecule has 3 atom stereocenters. The smallest absolute Gasteiger partial charge is 0.266 e. The average molecular weight is 468 g/mol. The van der Waals surface area contributed by atoms with Crippen LogP contribution < -0.4 is 0 Å². The van der Waals surface area contributed by atoms with Crippen molar-refractivity contribution in [2.45, 2.75) is 96.1 Å². The standard InChI is InChI=1S/C22H45NO7S/c1-4-5-6-7-8-9-10-11-12-13-22(2)29-19-21(30-22)18-28-17-20(24)16-23(3)14-15-31(25,26)27/h20-21,24H,4-19H2,1-3H3,(H,25,26,27). The predicted octanol–water partition coefficient (Wildman–Crippen LogP) is 3.24. The summed E-state index contributed by atoms with van der Waals surface area (Å²) in [5.41, 5.74) is 0. The van der Waals surface area contributed by atoms with E-state index >= 15 is 0 Å². The van der Waals surface area contributed by atoms with Crippen molar-refractivity contribution < 1.29 is 32.3 Å². The summed E-state index contributed by atoms with van der Waals surface area (Å²) in [6.45, 7) is 5.59. The molecule has 1 heterocycles. The maximum Gasteiger partial charge on any atom is 0.266 e. The lowest BCUT2D eigenvalue weighted by Gasteiger charge is -2.23. The maximum atomic E-state index is 10.8. The fraction of sp³-hybridized carbons (Fsp3) is 1.00. The lowest BCUT2D eigenvalue weighted by Crippen LogP contribution is -2.36. The van der Waals surface area contributed by atoms with Gasteiger partial charge in [0.1, 0.15) is 6.10 Å². The molecule has 2 N–H and O–H groups in total. The molecule has 1 aliphatic heterocycles. The van der Waals surface area contributed by atoms with Crippen molar-refractivity contribution in [2.24, 2.45) is 0 Å². The molecule has 31 heavy (non-hydrogen) atoms. The third kappa shape index (κ3) is 15.2. The first-order valence-electron chi connectivity index (χ1n) is 11.8. The molecule has 1 fully saturated rings. The summed E-state index contributed by atoms with van der Waals surface area (Å²) in [6.07, 6.45) is 11.6. The molecule has 1 aliphatic rings. The van der Waals surface area contributed by atoms with Gasteiger partial charge in [-0.1, -0.05) is 58.3 Å². The molecular formula is C22H45NO7S. The summed E-state index contributed by atoms with van der Waals surface area (Å²) < 4.78 is 47.7. The van der Waals surface area contributed by atoms with Crippen LogP contribution in [0.2, 0.25) is 0 Å². The number of hydrogen-bond acceptors (Lipinski definition) is 7. The summed E-state index contributed by atoms with van der Waals surface area (Å²) in [6, 6.07) is 0. The first-order chi connectivity index (χ1) is 14.6. The Balaban J connectivity index is 2.07. The zero-order valence-electron chi connectivity index (χ0n) is 19.8. The number of aliphatic hydroxyl groups excluding tert-OH is 1. The van der Waals surface area contributed by atoms with E-state index in [4.69, 9.17) is 18.8 Å². The molecule has 1 rings (SSSR count). The second-order valence-electron chi connectivity index (χ2n) is 9.00. The van der Waals surface area contributed by atoms with Gasteiger partial charge in [-0.05, 0) is 20.4 Å². The Morgan fingerprint density at radius 1 is 1.13 bits per heavy atom. The Kier molecular flexibility index (Phi) is 14.4. The highest BCUT2D eigenvalue weighted by Crippen LogP contribution is 2.29. The molecule has 3 unspecified atom stereocenters. The molecule has 0 aromatic carbocycles. The molecule has 186 valence electrons. The highest BCUT2D eigenvalue weighted by Gasteiger charge is 2.36. The van der Waals surface area contributed by atoms with Crippen LogP contribution in [-0.4, -0.2) is 86.7 Å². The summed E-state index contributed by atoms with van der Waals surface area (Å²) in [5.74, 6) is -0.911. The Hall–Kier alpha value is -0.290. The van der Waals surface area contributed by atoms with E-state index < -0.39 is 22.0 Å². The Bertz CT molecular complexity index is 560. The quantitative estimate of drug-likeness (QED) is 0.220. The molecule has 0 bridgehead atoms. The zero-order valence-corrected chi connectivity index (χ0v) is 20.6. The number of ether oxygens (including phenoxy) is 3. The number of rotatable bonds is 19. The van der Waals surface area contributed by atoms with Gasteiger partial charge in [0.25, 0.3) is 10.1 Å². The van der Waals surface area contributed by atoms with Crippen molar-refractivity contribution in [3.05, 3.63) is 0 Å². The van der Waals surface area contributed by atoms with Crippen LogP contribution in [0.5, 0.6) is 0 Å². The number of likely N-dealkylation sites (N-methyl/N-ethyl adjacent to an activating group) is 1. The van der Waals surface area contributed by atoms with Crippen LogP contribution >= 0.6 is 0 Å². The normalized spacial score (nSPS) is 23.0. The fourth-order valence-electron chi connectivity index (χ4n) is 3.77. The van der Waals surface area contributed by atoms with Crippen LogP contribution in [0, 0.1) is 0 Å². The van der Waals surface area contributed by atoms with E-state index in [1.165, 1.54) is 51.4 Å². The van der Waals surface area contributed by atoms with Gasteiger partial charge in [-0.25, -0.2) is 0 Å². The van der Waals surface area contributed by atoms with Crippen molar-refractivity contribution in [1.29, 1.82) is 0 Å². The minimum Gasteiger partial charge on any atom is -0.389 e. The monoisotopic (exact) mass is 467 g/mol. The van der Waals surface area contributed by atoms with Crippen molar-refractivity contribution >= 4 is 10.1 Å². The van der Waals surface area contributed by atoms with Crippen molar-refractivity contribution in [3.63, 3.8) is 0 Å². The van der Waals surface area contributed by atoms with E-state index in [-0.39, 0.29) is 31.6 Å². The SMILES string of the molecule is CCCCCCCCCCCC1(C)OCC(COCC(O)CN(C)CCS(=O)(=O)O)O1. The third-order valence-electron chi connectivity index (χ3n) is 5.59. The largest absolute Gasteiger partial charge is 0.389 e. The molecule has 8 nitrogen and oxygen atoms in total. The summed E-state index contributed by atoms with van der Waals surface area (Å²) in [5, 5.41) is 10.0. The summed E-state index contributed by atoms with van der Waals surface area (Å²) >= 11 is 0. The van der Waals surface area contributed by atoms with E-state index in [0.717, 1.165) is 12.8 Å². The minimum atomic E-state index is -4.00. The molecular weight excluding hydrogens is 422 g/mol. The molecule has 0 amide bonds. The Morgan fingerprint density at radius 2 is 1.74 bits per heavy atom. The van der Waals surface area contributed by atoms with Gasteiger partial charge in [0.2, 0.25) is 0 Å². The van der Waals surface area contributed by atoms with Gasteiger partial charge in [-0.2, -0.15) is 8.42 Å². The van der Waals surface area contributed by atoms with E-state index in [1.54, 1.807) is 11.9 Å². The third-order valence-corrected chi connectivity index (χ3v) is 6.29. The molecule has 0 radical (unpaired) electrons. The first kappa shape index (κ1) is 28.7. The highest BCUT2D eigenvalue weighted by atomic mass is 32.2. The second kappa shape index (κ2) is 15.5. The van der Waals surface area contributed by atoms with Gasteiger partial charge < -0.3 is 24.2 Å². The molecule has 0 spiro atoms. The minimum absolute atomic E-state index is 0.130. The molecule has 1 saturated heterocycles. The van der Waals surface area contributed by atoms with Crippen LogP contribution in [0.4, 0.5) is 0 Å². The van der Waals surface area contributed by atoms with Gasteiger partial charge in [0, 0.05) is 19.5 Å². The summed E-state index contributed by atoms with van der Waals surface area (Å²) in [4.78, 5) is 1.64. The predicted molar refractivity (Wildman–Crippen MR) is 122 cm³/mol. The van der Waals surface area contributed by atoms with Crippen LogP contribution in [-0.2, 0) is 24.3 Å². The van der Waals surface area contributed by atoms with Gasteiger partial charge in [0.05, 0.1) is 31.7 Å². The molecule has 0 aromatic rings. The fourth-order valence-corrected chi connectivity index (χ4v) is 4.31. The summed E-state index contributed by atoms with van der Waals surface area (Å²) in [7, 11) is -2.31. The second-order valence-corrected chi connectivity index (χ2v) is 10.6. The van der Waals surface area contributed by atoms with Crippen LogP contribution in [0.3, 0.4) is 0 Å². The lowest BCUT2D eigenvalue weighted by molar-refractivity contribution is -0.165. The van der Waals surface area contributed by atoms with Gasteiger partial charge in [-0.15, -0.1) is 0 Å². The lowest BCUT2D eigenvalue weighted by atomic mass is 10.0. The van der Waals surface area contributed by atoms with E-state index in [0.29, 0.717) is 13.2 Å². The molecule has 0 saturated carbocycles. The van der Waals surface area contributed by atoms with Gasteiger partial charge >= 0.3 is 0 Å². The van der Waals surface area contributed by atoms with Crippen LogP contribution in [0.1, 0.15) is 78.1 Å². The molecule has 9 heteroatoms. The Morgan fingerprint density at radius 3 is 2.35 bits per heavy atom. The Labute approximate surface area is 189 Å². The van der Waals surface area contributed by atoms with Crippen molar-refractivity contribution in [1.82, 2.24) is 4.90 Å². The topological polar surface area (TPSA) is 106 Å². The van der Waals surface area contributed by atoms with E-state index in [9.17, 15) is 13.5 Å². The number of hydrogen-bond donors (Lipinski definition) is 2. The average Bonchev–Trinajstić information content (AvgIpc) is 3.06.